The third-order valence-electron chi connectivity index (χ3n) is 3.98. The molecule has 0 aliphatic rings. The number of anilines is 1. The molecule has 0 aliphatic carbocycles. The second kappa shape index (κ2) is 5.28. The standard InChI is InChI=1S/C18H17N3OS/c1-20(2)13-6-4-12(5-7-13)15-11-21-16-9-8-14(22-3)10-17(16)23-18(21)19-15/h4-11H,1-3H3. The summed E-state index contributed by atoms with van der Waals surface area (Å²) in [7, 11) is 5.78. The fourth-order valence-electron chi connectivity index (χ4n) is 2.68. The number of fused-ring (bicyclic) bond motifs is 3. The van der Waals surface area contributed by atoms with E-state index in [4.69, 9.17) is 9.72 Å². The number of benzene rings is 2. The monoisotopic (exact) mass is 323 g/mol. The van der Waals surface area contributed by atoms with Crippen LogP contribution in [0.25, 0.3) is 26.4 Å². The van der Waals surface area contributed by atoms with E-state index in [0.29, 0.717) is 0 Å². The Labute approximate surface area is 138 Å². The first-order valence-corrected chi connectivity index (χ1v) is 8.21. The quantitative estimate of drug-likeness (QED) is 0.563. The molecule has 4 nitrogen and oxygen atoms in total. The SMILES string of the molecule is COc1ccc2c(c1)sc1nc(-c3ccc(N(C)C)cc3)cn12. The Morgan fingerprint density at radius 1 is 1.09 bits per heavy atom. The van der Waals surface area contributed by atoms with Gasteiger partial charge in [0, 0.05) is 31.5 Å². The third-order valence-corrected chi connectivity index (χ3v) is 5.00. The van der Waals surface area contributed by atoms with Crippen molar-refractivity contribution in [1.29, 1.82) is 0 Å². The Morgan fingerprint density at radius 2 is 1.87 bits per heavy atom. The van der Waals surface area contributed by atoms with Crippen molar-refractivity contribution in [3.8, 4) is 17.0 Å². The molecule has 0 bridgehead atoms. The normalized spacial score (nSPS) is 11.3. The van der Waals surface area contributed by atoms with Gasteiger partial charge < -0.3 is 9.64 Å². The maximum absolute atomic E-state index is 5.29. The van der Waals surface area contributed by atoms with Gasteiger partial charge >= 0.3 is 0 Å². The molecular weight excluding hydrogens is 306 g/mol. The van der Waals surface area contributed by atoms with Gasteiger partial charge in [0.25, 0.3) is 0 Å². The topological polar surface area (TPSA) is 29.8 Å². The van der Waals surface area contributed by atoms with Gasteiger partial charge in [0.15, 0.2) is 4.96 Å². The summed E-state index contributed by atoms with van der Waals surface area (Å²) < 4.78 is 8.62. The summed E-state index contributed by atoms with van der Waals surface area (Å²) in [5.41, 5.74) is 4.48. The van der Waals surface area contributed by atoms with E-state index in [1.807, 2.05) is 20.2 Å². The highest BCUT2D eigenvalue weighted by atomic mass is 32.1. The molecule has 5 heteroatoms. The predicted molar refractivity (Wildman–Crippen MR) is 96.9 cm³/mol. The summed E-state index contributed by atoms with van der Waals surface area (Å²) in [4.78, 5) is 7.87. The molecule has 2 heterocycles. The van der Waals surface area contributed by atoms with E-state index >= 15 is 0 Å². The van der Waals surface area contributed by atoms with Gasteiger partial charge in [-0.2, -0.15) is 0 Å². The lowest BCUT2D eigenvalue weighted by Crippen LogP contribution is -2.07. The number of thiazole rings is 1. The molecule has 0 saturated heterocycles. The van der Waals surface area contributed by atoms with Gasteiger partial charge in [-0.25, -0.2) is 4.98 Å². The molecule has 0 amide bonds. The first kappa shape index (κ1) is 14.1. The first-order valence-electron chi connectivity index (χ1n) is 7.39. The lowest BCUT2D eigenvalue weighted by Gasteiger charge is -2.12. The fourth-order valence-corrected chi connectivity index (χ4v) is 3.71. The van der Waals surface area contributed by atoms with Gasteiger partial charge in [0.2, 0.25) is 0 Å². The van der Waals surface area contributed by atoms with E-state index in [1.54, 1.807) is 18.4 Å². The van der Waals surface area contributed by atoms with Crippen LogP contribution in [-0.4, -0.2) is 30.6 Å². The minimum Gasteiger partial charge on any atom is -0.497 e. The van der Waals surface area contributed by atoms with Gasteiger partial charge in [-0.05, 0) is 30.3 Å². The first-order chi connectivity index (χ1) is 11.2. The van der Waals surface area contributed by atoms with E-state index in [2.05, 4.69) is 51.9 Å². The molecule has 0 saturated carbocycles. The second-order valence-corrected chi connectivity index (χ2v) is 6.66. The molecule has 116 valence electrons. The number of rotatable bonds is 3. The van der Waals surface area contributed by atoms with Crippen molar-refractivity contribution in [2.24, 2.45) is 0 Å². The smallest absolute Gasteiger partial charge is 0.195 e. The van der Waals surface area contributed by atoms with E-state index in [0.717, 1.165) is 27.5 Å². The summed E-state index contributed by atoms with van der Waals surface area (Å²) in [6, 6.07) is 14.6. The summed E-state index contributed by atoms with van der Waals surface area (Å²) in [6.07, 6.45) is 2.10. The van der Waals surface area contributed by atoms with Crippen LogP contribution >= 0.6 is 11.3 Å². The molecule has 0 unspecified atom stereocenters. The average Bonchev–Trinajstić information content (AvgIpc) is 3.11. The number of hydrogen-bond donors (Lipinski definition) is 0. The molecule has 0 spiro atoms. The van der Waals surface area contributed by atoms with Crippen LogP contribution in [0, 0.1) is 0 Å². The van der Waals surface area contributed by atoms with E-state index in [-0.39, 0.29) is 0 Å². The van der Waals surface area contributed by atoms with Crippen LogP contribution in [0.4, 0.5) is 5.69 Å². The largest absolute Gasteiger partial charge is 0.497 e. The van der Waals surface area contributed by atoms with Crippen LogP contribution in [0.5, 0.6) is 5.75 Å². The minimum absolute atomic E-state index is 0.876. The van der Waals surface area contributed by atoms with Gasteiger partial charge in [-0.3, -0.25) is 4.40 Å². The molecule has 2 aromatic heterocycles. The summed E-state index contributed by atoms with van der Waals surface area (Å²) in [6.45, 7) is 0. The van der Waals surface area contributed by atoms with Crippen molar-refractivity contribution >= 4 is 32.2 Å². The van der Waals surface area contributed by atoms with Crippen LogP contribution in [0.1, 0.15) is 0 Å². The van der Waals surface area contributed by atoms with Crippen molar-refractivity contribution < 1.29 is 4.74 Å². The Balaban J connectivity index is 1.79. The maximum atomic E-state index is 5.29. The van der Waals surface area contributed by atoms with E-state index in [9.17, 15) is 0 Å². The molecule has 4 aromatic rings. The lowest BCUT2D eigenvalue weighted by atomic mass is 10.1. The van der Waals surface area contributed by atoms with Crippen LogP contribution in [0.15, 0.2) is 48.7 Å². The minimum atomic E-state index is 0.876. The average molecular weight is 323 g/mol. The van der Waals surface area contributed by atoms with Gasteiger partial charge in [0.1, 0.15) is 5.75 Å². The van der Waals surface area contributed by atoms with E-state index in [1.165, 1.54) is 10.4 Å². The molecule has 0 radical (unpaired) electrons. The van der Waals surface area contributed by atoms with Crippen LogP contribution in [-0.2, 0) is 0 Å². The molecule has 0 aliphatic heterocycles. The zero-order valence-electron chi connectivity index (χ0n) is 13.3. The fraction of sp³-hybridized carbons (Fsp3) is 0.167. The van der Waals surface area contributed by atoms with Crippen LogP contribution in [0.2, 0.25) is 0 Å². The molecule has 4 rings (SSSR count). The molecule has 23 heavy (non-hydrogen) atoms. The van der Waals surface area contributed by atoms with Crippen molar-refractivity contribution in [3.63, 3.8) is 0 Å². The van der Waals surface area contributed by atoms with Crippen LogP contribution < -0.4 is 9.64 Å². The third kappa shape index (κ3) is 2.33. The van der Waals surface area contributed by atoms with Crippen molar-refractivity contribution in [3.05, 3.63) is 48.7 Å². The van der Waals surface area contributed by atoms with E-state index < -0.39 is 0 Å². The highest BCUT2D eigenvalue weighted by Gasteiger charge is 2.11. The van der Waals surface area contributed by atoms with Gasteiger partial charge in [-0.1, -0.05) is 23.5 Å². The number of aromatic nitrogens is 2. The molecular formula is C18H17N3OS. The lowest BCUT2D eigenvalue weighted by molar-refractivity contribution is 0.415. The van der Waals surface area contributed by atoms with Gasteiger partial charge in [0.05, 0.1) is 23.0 Å². The summed E-state index contributed by atoms with van der Waals surface area (Å²) >= 11 is 1.68. The van der Waals surface area contributed by atoms with Crippen molar-refractivity contribution in [1.82, 2.24) is 9.38 Å². The highest BCUT2D eigenvalue weighted by molar-refractivity contribution is 7.23. The Hall–Kier alpha value is -2.53. The highest BCUT2D eigenvalue weighted by Crippen LogP contribution is 2.32. The molecule has 2 aromatic carbocycles. The molecule has 0 fully saturated rings. The Morgan fingerprint density at radius 3 is 2.57 bits per heavy atom. The zero-order chi connectivity index (χ0) is 16.0. The molecule has 0 atom stereocenters. The number of imidazole rings is 1. The van der Waals surface area contributed by atoms with Crippen molar-refractivity contribution in [2.75, 3.05) is 26.1 Å². The summed E-state index contributed by atoms with van der Waals surface area (Å²) in [5.74, 6) is 0.876. The maximum Gasteiger partial charge on any atom is 0.195 e. The Kier molecular flexibility index (Phi) is 3.23. The van der Waals surface area contributed by atoms with Gasteiger partial charge in [-0.15, -0.1) is 0 Å². The zero-order valence-corrected chi connectivity index (χ0v) is 14.1. The molecule has 0 N–H and O–H groups in total. The Bertz CT molecular complexity index is 983. The predicted octanol–water partition coefficient (Wildman–Crippen LogP) is 4.29. The number of hydrogen-bond acceptors (Lipinski definition) is 4. The summed E-state index contributed by atoms with van der Waals surface area (Å²) in [5, 5.41) is 0. The second-order valence-electron chi connectivity index (χ2n) is 5.66. The van der Waals surface area contributed by atoms with Crippen LogP contribution in [0.3, 0.4) is 0 Å². The number of methoxy groups -OCH3 is 1. The van der Waals surface area contributed by atoms with Crippen molar-refractivity contribution in [2.45, 2.75) is 0 Å². The number of nitrogens with zero attached hydrogens (tertiary/aromatic N) is 3. The number of ether oxygens (including phenoxy) is 1.